The van der Waals surface area contributed by atoms with E-state index in [1.54, 1.807) is 0 Å². The van der Waals surface area contributed by atoms with Crippen molar-refractivity contribution in [1.29, 1.82) is 0 Å². The van der Waals surface area contributed by atoms with Crippen LogP contribution in [-0.4, -0.2) is 15.2 Å². The van der Waals surface area contributed by atoms with Crippen LogP contribution >= 0.6 is 0 Å². The first kappa shape index (κ1) is 15.7. The summed E-state index contributed by atoms with van der Waals surface area (Å²) < 4.78 is 5.51. The molecule has 0 atom stereocenters. The highest BCUT2D eigenvalue weighted by Crippen LogP contribution is 2.37. The van der Waals surface area contributed by atoms with Crippen LogP contribution in [0.15, 0.2) is 10.8 Å². The second-order valence-corrected chi connectivity index (χ2v) is 7.66. The molecule has 0 saturated heterocycles. The minimum absolute atomic E-state index is 0.00862. The van der Waals surface area contributed by atoms with Gasteiger partial charge < -0.3 is 4.42 Å². The summed E-state index contributed by atoms with van der Waals surface area (Å²) in [4.78, 5) is 4.16. The minimum atomic E-state index is -0.0463. The highest BCUT2D eigenvalue weighted by atomic mass is 16.3. The Morgan fingerprint density at radius 3 is 1.95 bits per heavy atom. The summed E-state index contributed by atoms with van der Waals surface area (Å²) in [6.07, 6.45) is 1.46. The van der Waals surface area contributed by atoms with E-state index in [9.17, 15) is 0 Å². The molecule has 2 aromatic heterocycles. The summed E-state index contributed by atoms with van der Waals surface area (Å²) in [6.45, 7) is 17.2. The monoisotopic (exact) mass is 287 g/mol. The molecule has 0 fully saturated rings. The normalized spacial score (nSPS) is 12.8. The fourth-order valence-corrected chi connectivity index (χ4v) is 2.71. The average Bonchev–Trinajstić information content (AvgIpc) is 2.72. The van der Waals surface area contributed by atoms with Crippen molar-refractivity contribution in [1.82, 2.24) is 15.2 Å². The Balaban J connectivity index is 2.78. The molecule has 4 heteroatoms. The van der Waals surface area contributed by atoms with Crippen LogP contribution in [-0.2, 0) is 10.8 Å². The SMILES string of the molecule is Cc1ncoc1-c1nnc(C(C)(C)C)c(C(C)(C)C)c1C. The van der Waals surface area contributed by atoms with E-state index in [0.717, 1.165) is 22.6 Å². The Hall–Kier alpha value is -1.71. The topological polar surface area (TPSA) is 51.8 Å². The van der Waals surface area contributed by atoms with Crippen molar-refractivity contribution in [3.63, 3.8) is 0 Å². The molecule has 21 heavy (non-hydrogen) atoms. The fraction of sp³-hybridized carbons (Fsp3) is 0.588. The molecule has 0 unspecified atom stereocenters. The van der Waals surface area contributed by atoms with Gasteiger partial charge in [0.15, 0.2) is 12.2 Å². The van der Waals surface area contributed by atoms with Gasteiger partial charge in [0.05, 0.1) is 11.4 Å². The lowest BCUT2D eigenvalue weighted by Crippen LogP contribution is -2.26. The zero-order chi connectivity index (χ0) is 16.0. The van der Waals surface area contributed by atoms with Gasteiger partial charge in [-0.1, -0.05) is 41.5 Å². The van der Waals surface area contributed by atoms with Gasteiger partial charge in [0.1, 0.15) is 5.69 Å². The Kier molecular flexibility index (Phi) is 3.68. The number of hydrogen-bond acceptors (Lipinski definition) is 4. The molecular formula is C17H25N3O. The molecule has 0 radical (unpaired) electrons. The molecule has 0 amide bonds. The number of aromatic nitrogens is 3. The first-order chi connectivity index (χ1) is 9.53. The van der Waals surface area contributed by atoms with Gasteiger partial charge in [-0.2, -0.15) is 5.10 Å². The third-order valence-electron chi connectivity index (χ3n) is 3.64. The van der Waals surface area contributed by atoms with Crippen molar-refractivity contribution in [2.75, 3.05) is 0 Å². The Labute approximate surface area is 127 Å². The first-order valence-corrected chi connectivity index (χ1v) is 7.32. The standard InChI is InChI=1S/C17H25N3O/c1-10-12(16(3,4)5)15(17(6,7)8)20-19-13(10)14-11(2)18-9-21-14/h9H,1-8H3. The maximum absolute atomic E-state index is 5.51. The van der Waals surface area contributed by atoms with E-state index in [2.05, 4.69) is 63.6 Å². The van der Waals surface area contributed by atoms with Crippen LogP contribution in [0.3, 0.4) is 0 Å². The molecule has 2 aromatic rings. The van der Waals surface area contributed by atoms with Gasteiger partial charge in [0.25, 0.3) is 0 Å². The lowest BCUT2D eigenvalue weighted by molar-refractivity contribution is 0.500. The molecule has 114 valence electrons. The highest BCUT2D eigenvalue weighted by molar-refractivity contribution is 5.62. The van der Waals surface area contributed by atoms with Crippen molar-refractivity contribution < 1.29 is 4.42 Å². The van der Waals surface area contributed by atoms with Crippen molar-refractivity contribution in [2.24, 2.45) is 0 Å². The molecule has 0 aliphatic heterocycles. The van der Waals surface area contributed by atoms with Crippen molar-refractivity contribution >= 4 is 0 Å². The molecule has 0 aliphatic rings. The molecule has 0 N–H and O–H groups in total. The van der Waals surface area contributed by atoms with Crippen LogP contribution in [0.2, 0.25) is 0 Å². The minimum Gasteiger partial charge on any atom is -0.441 e. The third kappa shape index (κ3) is 2.85. The molecule has 2 rings (SSSR count). The maximum atomic E-state index is 5.51. The van der Waals surface area contributed by atoms with Crippen LogP contribution in [0.25, 0.3) is 11.5 Å². The Morgan fingerprint density at radius 2 is 1.52 bits per heavy atom. The van der Waals surface area contributed by atoms with Gasteiger partial charge in [0, 0.05) is 5.41 Å². The number of aryl methyl sites for hydroxylation is 1. The summed E-state index contributed by atoms with van der Waals surface area (Å²) >= 11 is 0. The van der Waals surface area contributed by atoms with Gasteiger partial charge in [-0.25, -0.2) is 4.98 Å². The number of rotatable bonds is 1. The lowest BCUT2D eigenvalue weighted by atomic mass is 9.76. The Morgan fingerprint density at radius 1 is 0.905 bits per heavy atom. The van der Waals surface area contributed by atoms with E-state index in [0.29, 0.717) is 5.76 Å². The molecule has 0 saturated carbocycles. The van der Waals surface area contributed by atoms with Gasteiger partial charge in [-0.05, 0) is 30.4 Å². The molecule has 0 bridgehead atoms. The zero-order valence-electron chi connectivity index (χ0n) is 14.3. The van der Waals surface area contributed by atoms with E-state index < -0.39 is 0 Å². The summed E-state index contributed by atoms with van der Waals surface area (Å²) in [5.74, 6) is 0.714. The summed E-state index contributed by atoms with van der Waals surface area (Å²) in [7, 11) is 0. The average molecular weight is 287 g/mol. The summed E-state index contributed by atoms with van der Waals surface area (Å²) in [5.41, 5.74) is 5.01. The molecule has 2 heterocycles. The molecule has 0 spiro atoms. The van der Waals surface area contributed by atoms with Crippen molar-refractivity contribution in [3.8, 4) is 11.5 Å². The zero-order valence-corrected chi connectivity index (χ0v) is 14.3. The molecule has 0 aromatic carbocycles. The van der Waals surface area contributed by atoms with E-state index in [4.69, 9.17) is 4.42 Å². The Bertz CT molecular complexity index is 658. The van der Waals surface area contributed by atoms with E-state index in [1.165, 1.54) is 12.0 Å². The second kappa shape index (κ2) is 4.93. The number of nitrogens with zero attached hydrogens (tertiary/aromatic N) is 3. The molecule has 0 aliphatic carbocycles. The smallest absolute Gasteiger partial charge is 0.181 e. The van der Waals surface area contributed by atoms with Gasteiger partial charge in [-0.3, -0.25) is 0 Å². The van der Waals surface area contributed by atoms with Crippen LogP contribution in [0.5, 0.6) is 0 Å². The third-order valence-corrected chi connectivity index (χ3v) is 3.64. The van der Waals surface area contributed by atoms with Crippen molar-refractivity contribution in [3.05, 3.63) is 28.9 Å². The summed E-state index contributed by atoms with van der Waals surface area (Å²) in [5, 5.41) is 8.97. The summed E-state index contributed by atoms with van der Waals surface area (Å²) in [6, 6.07) is 0. The van der Waals surface area contributed by atoms with E-state index >= 15 is 0 Å². The molecular weight excluding hydrogens is 262 g/mol. The molecule has 4 nitrogen and oxygen atoms in total. The first-order valence-electron chi connectivity index (χ1n) is 7.32. The van der Waals surface area contributed by atoms with Crippen molar-refractivity contribution in [2.45, 2.75) is 66.2 Å². The van der Waals surface area contributed by atoms with Crippen LogP contribution in [0.4, 0.5) is 0 Å². The quantitative estimate of drug-likeness (QED) is 0.782. The highest BCUT2D eigenvalue weighted by Gasteiger charge is 2.31. The van der Waals surface area contributed by atoms with Crippen LogP contribution in [0.1, 0.15) is 64.1 Å². The maximum Gasteiger partial charge on any atom is 0.181 e. The largest absolute Gasteiger partial charge is 0.441 e. The van der Waals surface area contributed by atoms with E-state index in [-0.39, 0.29) is 10.8 Å². The lowest BCUT2D eigenvalue weighted by Gasteiger charge is -2.30. The second-order valence-electron chi connectivity index (χ2n) is 7.66. The fourth-order valence-electron chi connectivity index (χ4n) is 2.71. The predicted octanol–water partition coefficient (Wildman–Crippen LogP) is 4.34. The van der Waals surface area contributed by atoms with Gasteiger partial charge in [-0.15, -0.1) is 5.10 Å². The van der Waals surface area contributed by atoms with Gasteiger partial charge in [0.2, 0.25) is 0 Å². The van der Waals surface area contributed by atoms with Crippen LogP contribution in [0, 0.1) is 13.8 Å². The number of hydrogen-bond donors (Lipinski definition) is 0. The predicted molar refractivity (Wildman–Crippen MR) is 84.4 cm³/mol. The van der Waals surface area contributed by atoms with Gasteiger partial charge >= 0.3 is 0 Å². The number of oxazole rings is 1. The van der Waals surface area contributed by atoms with E-state index in [1.807, 2.05) is 6.92 Å². The van der Waals surface area contributed by atoms with Crippen LogP contribution < -0.4 is 0 Å².